The van der Waals surface area contributed by atoms with Crippen molar-refractivity contribution in [2.45, 2.75) is 0 Å². The summed E-state index contributed by atoms with van der Waals surface area (Å²) in [7, 11) is 0. The third-order valence-corrected chi connectivity index (χ3v) is 3.79. The number of hydrogen-bond acceptors (Lipinski definition) is 4. The molecule has 0 radical (unpaired) electrons. The second-order valence-electron chi connectivity index (χ2n) is 4.93. The van der Waals surface area contributed by atoms with E-state index in [1.807, 2.05) is 42.6 Å². The van der Waals surface area contributed by atoms with E-state index in [0.717, 1.165) is 22.0 Å². The van der Waals surface area contributed by atoms with Crippen LogP contribution in [-0.4, -0.2) is 31.1 Å². The number of pyridine rings is 1. The SMILES string of the molecule is S=c1[nH]nc(-c2ccncc2)n1/N=C/c1c[nH]c2ccccc12. The Bertz CT molecular complexity index is 1040. The Morgan fingerprint density at radius 3 is 2.83 bits per heavy atom. The van der Waals surface area contributed by atoms with E-state index in [-0.39, 0.29) is 0 Å². The molecule has 0 amide bonds. The van der Waals surface area contributed by atoms with Crippen LogP contribution in [0.2, 0.25) is 0 Å². The van der Waals surface area contributed by atoms with Gasteiger partial charge in [-0.05, 0) is 30.4 Å². The fourth-order valence-electron chi connectivity index (χ4n) is 2.41. The van der Waals surface area contributed by atoms with Gasteiger partial charge in [0.05, 0.1) is 6.21 Å². The highest BCUT2D eigenvalue weighted by atomic mass is 32.1. The summed E-state index contributed by atoms with van der Waals surface area (Å²) >= 11 is 5.27. The van der Waals surface area contributed by atoms with Gasteiger partial charge in [-0.25, -0.2) is 5.10 Å². The largest absolute Gasteiger partial charge is 0.361 e. The van der Waals surface area contributed by atoms with Crippen molar-refractivity contribution in [3.05, 3.63) is 65.3 Å². The van der Waals surface area contributed by atoms with Crippen LogP contribution in [0.25, 0.3) is 22.3 Å². The molecule has 0 unspecified atom stereocenters. The van der Waals surface area contributed by atoms with E-state index in [2.05, 4.69) is 25.3 Å². The van der Waals surface area contributed by atoms with Crippen molar-refractivity contribution >= 4 is 29.3 Å². The highest BCUT2D eigenvalue weighted by molar-refractivity contribution is 7.71. The minimum atomic E-state index is 0.438. The smallest absolute Gasteiger partial charge is 0.216 e. The normalized spacial score (nSPS) is 11.5. The van der Waals surface area contributed by atoms with Crippen molar-refractivity contribution < 1.29 is 0 Å². The van der Waals surface area contributed by atoms with Gasteiger partial charge in [-0.2, -0.15) is 14.9 Å². The molecule has 0 saturated carbocycles. The maximum Gasteiger partial charge on any atom is 0.216 e. The Balaban J connectivity index is 1.78. The minimum Gasteiger partial charge on any atom is -0.361 e. The summed E-state index contributed by atoms with van der Waals surface area (Å²) in [5, 5.41) is 12.6. The van der Waals surface area contributed by atoms with Gasteiger partial charge in [0.1, 0.15) is 0 Å². The molecule has 4 rings (SSSR count). The Kier molecular flexibility index (Phi) is 3.32. The molecular formula is C16H12N6S. The van der Waals surface area contributed by atoms with Crippen molar-refractivity contribution in [2.24, 2.45) is 5.10 Å². The maximum absolute atomic E-state index is 5.27. The average molecular weight is 320 g/mol. The van der Waals surface area contributed by atoms with Crippen LogP contribution < -0.4 is 0 Å². The molecule has 1 aromatic carbocycles. The highest BCUT2D eigenvalue weighted by Crippen LogP contribution is 2.18. The number of aromatic nitrogens is 5. The second kappa shape index (κ2) is 5.62. The molecule has 0 aliphatic rings. The first-order chi connectivity index (χ1) is 11.3. The number of fused-ring (bicyclic) bond motifs is 1. The summed E-state index contributed by atoms with van der Waals surface area (Å²) < 4.78 is 2.04. The number of rotatable bonds is 3. The van der Waals surface area contributed by atoms with Crippen LogP contribution in [0.15, 0.2) is 60.1 Å². The lowest BCUT2D eigenvalue weighted by Gasteiger charge is -1.99. The van der Waals surface area contributed by atoms with Crippen LogP contribution in [0.3, 0.4) is 0 Å². The van der Waals surface area contributed by atoms with Gasteiger partial charge >= 0.3 is 0 Å². The molecule has 0 fully saturated rings. The monoisotopic (exact) mass is 320 g/mol. The van der Waals surface area contributed by atoms with Crippen LogP contribution in [0.1, 0.15) is 5.56 Å². The zero-order valence-corrected chi connectivity index (χ0v) is 12.8. The number of benzene rings is 1. The first-order valence-electron chi connectivity index (χ1n) is 7.01. The Labute approximate surface area is 136 Å². The van der Waals surface area contributed by atoms with Crippen molar-refractivity contribution in [1.82, 2.24) is 24.8 Å². The van der Waals surface area contributed by atoms with Gasteiger partial charge < -0.3 is 4.98 Å². The molecule has 0 saturated heterocycles. The zero-order chi connectivity index (χ0) is 15.6. The molecule has 0 aliphatic heterocycles. The lowest BCUT2D eigenvalue weighted by Crippen LogP contribution is -1.94. The van der Waals surface area contributed by atoms with Crippen LogP contribution in [0.4, 0.5) is 0 Å². The predicted octanol–water partition coefficient (Wildman–Crippen LogP) is 3.37. The minimum absolute atomic E-state index is 0.438. The number of nitrogens with zero attached hydrogens (tertiary/aromatic N) is 4. The Hall–Kier alpha value is -3.06. The average Bonchev–Trinajstić information content (AvgIpc) is 3.17. The van der Waals surface area contributed by atoms with E-state index in [0.29, 0.717) is 10.6 Å². The molecule has 23 heavy (non-hydrogen) atoms. The highest BCUT2D eigenvalue weighted by Gasteiger charge is 2.08. The summed E-state index contributed by atoms with van der Waals surface area (Å²) in [6.07, 6.45) is 7.11. The molecule has 7 heteroatoms. The van der Waals surface area contributed by atoms with E-state index in [9.17, 15) is 0 Å². The molecular weight excluding hydrogens is 308 g/mol. The van der Waals surface area contributed by atoms with Crippen LogP contribution in [-0.2, 0) is 0 Å². The van der Waals surface area contributed by atoms with Crippen molar-refractivity contribution in [3.8, 4) is 11.4 Å². The van der Waals surface area contributed by atoms with Gasteiger partial charge in [-0.1, -0.05) is 18.2 Å². The molecule has 0 atom stereocenters. The van der Waals surface area contributed by atoms with Gasteiger partial charge in [0.15, 0.2) is 5.82 Å². The summed E-state index contributed by atoms with van der Waals surface area (Å²) in [6.45, 7) is 0. The topological polar surface area (TPSA) is 74.7 Å². The third-order valence-electron chi connectivity index (χ3n) is 3.52. The van der Waals surface area contributed by atoms with Gasteiger partial charge in [0, 0.05) is 40.6 Å². The Morgan fingerprint density at radius 1 is 1.13 bits per heavy atom. The summed E-state index contributed by atoms with van der Waals surface area (Å²) in [6, 6.07) is 11.8. The first-order valence-corrected chi connectivity index (χ1v) is 7.42. The quantitative estimate of drug-likeness (QED) is 0.449. The molecule has 3 heterocycles. The van der Waals surface area contributed by atoms with E-state index in [1.54, 1.807) is 23.3 Å². The van der Waals surface area contributed by atoms with E-state index >= 15 is 0 Å². The van der Waals surface area contributed by atoms with Crippen LogP contribution >= 0.6 is 12.2 Å². The molecule has 6 nitrogen and oxygen atoms in total. The Morgan fingerprint density at radius 2 is 1.96 bits per heavy atom. The van der Waals surface area contributed by atoms with Gasteiger partial charge in [0.25, 0.3) is 0 Å². The zero-order valence-electron chi connectivity index (χ0n) is 12.0. The molecule has 0 spiro atoms. The molecule has 0 aliphatic carbocycles. The fourth-order valence-corrected chi connectivity index (χ4v) is 2.59. The fraction of sp³-hybridized carbons (Fsp3) is 0. The van der Waals surface area contributed by atoms with Gasteiger partial charge in [-0.15, -0.1) is 0 Å². The van der Waals surface area contributed by atoms with E-state index in [4.69, 9.17) is 12.2 Å². The van der Waals surface area contributed by atoms with Crippen molar-refractivity contribution in [3.63, 3.8) is 0 Å². The lowest BCUT2D eigenvalue weighted by molar-refractivity contribution is 0.871. The third kappa shape index (κ3) is 2.47. The van der Waals surface area contributed by atoms with E-state index < -0.39 is 0 Å². The molecule has 3 aromatic heterocycles. The van der Waals surface area contributed by atoms with Gasteiger partial charge in [0.2, 0.25) is 4.77 Å². The van der Waals surface area contributed by atoms with Gasteiger partial charge in [-0.3, -0.25) is 4.98 Å². The lowest BCUT2D eigenvalue weighted by atomic mass is 10.2. The summed E-state index contributed by atoms with van der Waals surface area (Å²) in [5.74, 6) is 0.647. The molecule has 4 aromatic rings. The summed E-state index contributed by atoms with van der Waals surface area (Å²) in [4.78, 5) is 7.23. The maximum atomic E-state index is 5.27. The van der Waals surface area contributed by atoms with Crippen molar-refractivity contribution in [1.29, 1.82) is 0 Å². The number of H-pyrrole nitrogens is 2. The molecule has 0 bridgehead atoms. The van der Waals surface area contributed by atoms with Crippen molar-refractivity contribution in [2.75, 3.05) is 0 Å². The number of aromatic amines is 2. The van der Waals surface area contributed by atoms with E-state index in [1.165, 1.54) is 0 Å². The molecule has 2 N–H and O–H groups in total. The standard InChI is InChI=1S/C16H12N6S/c23-16-21-20-15(11-5-7-17-8-6-11)22(16)19-10-12-9-18-14-4-2-1-3-13(12)14/h1-10,18H,(H,21,23)/b19-10+. The second-order valence-corrected chi connectivity index (χ2v) is 5.32. The van der Waals surface area contributed by atoms with Crippen LogP contribution in [0.5, 0.6) is 0 Å². The number of hydrogen-bond donors (Lipinski definition) is 2. The number of nitrogens with one attached hydrogen (secondary N) is 2. The van der Waals surface area contributed by atoms with Crippen LogP contribution in [0, 0.1) is 4.77 Å². The first kappa shape index (κ1) is 13.6. The predicted molar refractivity (Wildman–Crippen MR) is 91.9 cm³/mol. The molecule has 112 valence electrons. The summed E-state index contributed by atoms with van der Waals surface area (Å²) in [5.41, 5.74) is 2.95. The number of para-hydroxylation sites is 1.